The van der Waals surface area contributed by atoms with Crippen LogP contribution < -0.4 is 13.7 Å². The molecule has 12 heteroatoms. The van der Waals surface area contributed by atoms with Gasteiger partial charge in [0.05, 0.1) is 37.8 Å². The summed E-state index contributed by atoms with van der Waals surface area (Å²) in [5, 5.41) is 2.44. The Morgan fingerprint density at radius 3 is 1.02 bits per heavy atom. The average Bonchev–Trinajstić information content (AvgIpc) is 1.58. The van der Waals surface area contributed by atoms with Crippen LogP contribution in [0, 0.1) is 62.3 Å². The summed E-state index contributed by atoms with van der Waals surface area (Å²) in [7, 11) is 6.47. The second-order valence-corrected chi connectivity index (χ2v) is 34.0. The van der Waals surface area contributed by atoms with E-state index in [9.17, 15) is 0 Å². The fourth-order valence-electron chi connectivity index (χ4n) is 18.8. The number of para-hydroxylation sites is 6. The lowest BCUT2D eigenvalue weighted by atomic mass is 9.88. The molecular weight excluding hydrogens is 1520 g/mol. The Morgan fingerprint density at radius 1 is 0.282 bits per heavy atom. The molecule has 124 heavy (non-hydrogen) atoms. The van der Waals surface area contributed by atoms with E-state index in [1.54, 1.807) is 0 Å². The number of aryl methyl sites for hydroxylation is 12. The molecule has 6 aromatic heterocycles. The van der Waals surface area contributed by atoms with Crippen LogP contribution in [0.1, 0.15) is 101 Å². The van der Waals surface area contributed by atoms with Gasteiger partial charge in [0.25, 0.3) is 17.5 Å². The van der Waals surface area contributed by atoms with Gasteiger partial charge in [0.15, 0.2) is 49.8 Å². The van der Waals surface area contributed by atoms with Gasteiger partial charge in [0.1, 0.15) is 33.6 Å². The van der Waals surface area contributed by atoms with Gasteiger partial charge in [-0.25, -0.2) is 28.7 Å². The zero-order valence-electron chi connectivity index (χ0n) is 73.3. The predicted octanol–water partition coefficient (Wildman–Crippen LogP) is 27.3. The lowest BCUT2D eigenvalue weighted by Gasteiger charge is -2.21. The van der Waals surface area contributed by atoms with Crippen LogP contribution in [0.25, 0.3) is 185 Å². The first-order valence-electron chi connectivity index (χ1n) is 42.9. The Morgan fingerprint density at radius 2 is 0.605 bits per heavy atom. The monoisotopic (exact) mass is 1620 g/mol. The van der Waals surface area contributed by atoms with Gasteiger partial charge in [0.2, 0.25) is 17.7 Å². The molecule has 608 valence electrons. The highest BCUT2D eigenvalue weighted by Crippen LogP contribution is 2.44. The van der Waals surface area contributed by atoms with Crippen molar-refractivity contribution in [2.75, 3.05) is 0 Å². The molecule has 0 bridgehead atoms. The van der Waals surface area contributed by atoms with Crippen LogP contribution in [0.5, 0.6) is 0 Å². The van der Waals surface area contributed by atoms with Crippen molar-refractivity contribution < 1.29 is 27.0 Å². The molecule has 0 aliphatic rings. The summed E-state index contributed by atoms with van der Waals surface area (Å²) in [6.45, 7) is 28.4. The Labute approximate surface area is 723 Å². The molecule has 0 aliphatic carbocycles. The number of imidazole rings is 3. The van der Waals surface area contributed by atoms with Gasteiger partial charge in [-0.3, -0.25) is 0 Å². The van der Waals surface area contributed by atoms with E-state index < -0.39 is 0 Å². The first-order chi connectivity index (χ1) is 60.1. The summed E-state index contributed by atoms with van der Waals surface area (Å²) in [6.07, 6.45) is 0. The maximum Gasteiger partial charge on any atom is 0.295 e. The number of rotatable bonds is 13. The molecule has 0 radical (unpaired) electrons. The second kappa shape index (κ2) is 32.1. The van der Waals surface area contributed by atoms with E-state index in [-0.39, 0.29) is 0 Å². The fraction of sp³-hybridized carbons (Fsp3) is 0.161. The van der Waals surface area contributed by atoms with Gasteiger partial charge in [-0.1, -0.05) is 228 Å². The zero-order chi connectivity index (χ0) is 85.6. The molecule has 0 saturated carbocycles. The van der Waals surface area contributed by atoms with Crippen LogP contribution in [-0.4, -0.2) is 28.7 Å². The number of hydrogen-bond acceptors (Lipinski definition) is 6. The lowest BCUT2D eigenvalue weighted by Crippen LogP contribution is -2.30. The van der Waals surface area contributed by atoms with Gasteiger partial charge < -0.3 is 13.3 Å². The molecule has 0 spiro atoms. The van der Waals surface area contributed by atoms with Crippen molar-refractivity contribution in [2.24, 2.45) is 21.1 Å². The van der Waals surface area contributed by atoms with Crippen molar-refractivity contribution in [1.29, 1.82) is 0 Å². The molecule has 6 heterocycles. The Bertz CT molecular complexity index is 7660. The van der Waals surface area contributed by atoms with Crippen LogP contribution in [0.2, 0.25) is 0 Å². The van der Waals surface area contributed by atoms with E-state index in [0.717, 1.165) is 157 Å². The highest BCUT2D eigenvalue weighted by Gasteiger charge is 2.35. The summed E-state index contributed by atoms with van der Waals surface area (Å²) in [5.74, 6) is 5.99. The highest BCUT2D eigenvalue weighted by atomic mass is 16.4. The number of hydrogen-bond donors (Lipinski definition) is 0. The number of fused-ring (bicyclic) bond motifs is 7. The van der Waals surface area contributed by atoms with Gasteiger partial charge in [-0.05, 0) is 255 Å². The normalized spacial score (nSPS) is 11.7. The summed E-state index contributed by atoms with van der Waals surface area (Å²) >= 11 is 0. The summed E-state index contributed by atoms with van der Waals surface area (Å²) in [6, 6.07) is 108. The third-order valence-electron chi connectivity index (χ3n) is 25.0. The molecule has 15 aromatic carbocycles. The van der Waals surface area contributed by atoms with Crippen molar-refractivity contribution in [2.45, 2.75) is 102 Å². The quantitative estimate of drug-likeness (QED) is 0.107. The fourth-order valence-corrected chi connectivity index (χ4v) is 18.8. The zero-order valence-corrected chi connectivity index (χ0v) is 73.3. The second-order valence-electron chi connectivity index (χ2n) is 34.0. The van der Waals surface area contributed by atoms with Gasteiger partial charge >= 0.3 is 0 Å². The Hall–Kier alpha value is -14.6. The standard InChI is InChI=1S/C42H42N3O.C36H30N3O.C34H28N3O/c1-25(2)32-22-31(30-17-10-9-11-18-30)23-33(26(3)4)40(32)45-37-20-13-12-19-36(37)44(8)42(45)34-24-35-38(21-29(34)7)46-41(43-35)39-27(5)15-14-16-28(39)6;1-23-11-10-12-24(2)34(23)35-37-30-22-29(25(3)21-33(30)40-35)36-38(4)31-15-8-9-16-32(31)39(36)28-19-17-27(18-20-28)26-13-6-5-7-14-26;1-21-11-9-12-22(2)32(21)33-35-27-20-26(23(3)19-31(27)38-33)34-36(4)29-16-7-8-17-30(29)37(34)28-18-10-14-24-13-5-6-15-25(24)28/h9-26H,1-8H3;5-22H,1-4H3;5-20H,1-4H3/q3*+1. The minimum atomic E-state index is 0.314. The number of oxazole rings is 3. The van der Waals surface area contributed by atoms with Gasteiger partial charge in [-0.15, -0.1) is 0 Å². The first-order valence-corrected chi connectivity index (χ1v) is 42.9. The van der Waals surface area contributed by atoms with Crippen molar-refractivity contribution in [3.63, 3.8) is 0 Å². The lowest BCUT2D eigenvalue weighted by molar-refractivity contribution is -0.634. The van der Waals surface area contributed by atoms with Gasteiger partial charge in [-0.2, -0.15) is 13.7 Å². The highest BCUT2D eigenvalue weighted by molar-refractivity contribution is 5.95. The van der Waals surface area contributed by atoms with E-state index in [0.29, 0.717) is 29.5 Å². The van der Waals surface area contributed by atoms with Crippen molar-refractivity contribution >= 4 is 77.2 Å². The average molecular weight is 1620 g/mol. The van der Waals surface area contributed by atoms with Crippen molar-refractivity contribution in [3.8, 4) is 108 Å². The van der Waals surface area contributed by atoms with Crippen LogP contribution in [0.3, 0.4) is 0 Å². The molecule has 0 saturated heterocycles. The third kappa shape index (κ3) is 13.9. The predicted molar refractivity (Wildman–Crippen MR) is 508 cm³/mol. The molecule has 0 unspecified atom stereocenters. The largest absolute Gasteiger partial charge is 0.436 e. The number of benzene rings is 15. The molecule has 21 aromatic rings. The summed E-state index contributed by atoms with van der Waals surface area (Å²) in [4.78, 5) is 15.0. The van der Waals surface area contributed by atoms with E-state index in [1.807, 2.05) is 0 Å². The topological polar surface area (TPSA) is 105 Å². The summed E-state index contributed by atoms with van der Waals surface area (Å²) < 4.78 is 33.2. The molecule has 0 amide bonds. The maximum atomic E-state index is 6.42. The van der Waals surface area contributed by atoms with E-state index >= 15 is 0 Å². The van der Waals surface area contributed by atoms with E-state index in [2.05, 4.69) is 442 Å². The third-order valence-corrected chi connectivity index (χ3v) is 25.0. The van der Waals surface area contributed by atoms with Crippen molar-refractivity contribution in [3.05, 3.63) is 365 Å². The smallest absolute Gasteiger partial charge is 0.295 e. The summed E-state index contributed by atoms with van der Waals surface area (Å²) in [5.41, 5.74) is 40.2. The van der Waals surface area contributed by atoms with Crippen molar-refractivity contribution in [1.82, 2.24) is 28.7 Å². The minimum Gasteiger partial charge on any atom is -0.436 e. The van der Waals surface area contributed by atoms with Crippen LogP contribution in [0.15, 0.2) is 317 Å². The van der Waals surface area contributed by atoms with Crippen LogP contribution in [-0.2, 0) is 21.1 Å². The molecule has 0 N–H and O–H groups in total. The Balaban J connectivity index is 0.000000123. The molecular formula is C112H100N9O3+3. The first kappa shape index (κ1) is 79.2. The number of nitrogens with zero attached hydrogens (tertiary/aromatic N) is 9. The van der Waals surface area contributed by atoms with Crippen LogP contribution in [0.4, 0.5) is 0 Å². The molecule has 0 atom stereocenters. The number of aromatic nitrogens is 9. The minimum absolute atomic E-state index is 0.314. The maximum absolute atomic E-state index is 6.42. The molecule has 21 rings (SSSR count). The Kier molecular flexibility index (Phi) is 20.5. The molecule has 0 aliphatic heterocycles. The van der Waals surface area contributed by atoms with E-state index in [4.69, 9.17) is 28.2 Å². The van der Waals surface area contributed by atoms with Gasteiger partial charge in [0, 0.05) is 33.2 Å². The SMILES string of the molecule is Cc1cc2oc(-c3c(C)cccc3C)nc2cc1-c1n(-c2c(C(C)C)cc(-c3ccccc3)cc2C(C)C)c2ccccc2[n+]1C.Cc1cc2oc(-c3c(C)cccc3C)nc2cc1-c1n(-c2ccc(-c3ccccc3)cc2)c2ccccc2[n+]1C.Cc1cc2oc(-c3c(C)cccc3C)nc2cc1-c1n(-c2cccc3ccccc23)c2ccccc2[n+]1C. The van der Waals surface area contributed by atoms with E-state index in [1.165, 1.54) is 71.9 Å². The molecule has 12 nitrogen and oxygen atoms in total. The van der Waals surface area contributed by atoms with Crippen LogP contribution >= 0.6 is 0 Å². The molecule has 0 fully saturated rings.